The van der Waals surface area contributed by atoms with Crippen LogP contribution in [0.1, 0.15) is 10.4 Å². The molecule has 2 rings (SSSR count). The molecule has 0 spiro atoms. The summed E-state index contributed by atoms with van der Waals surface area (Å²) in [6.07, 6.45) is 3.29. The van der Waals surface area contributed by atoms with Crippen LogP contribution in [-0.2, 0) is 4.74 Å². The molecule has 0 unspecified atom stereocenters. The van der Waals surface area contributed by atoms with Crippen LogP contribution in [0.25, 0.3) is 5.82 Å². The Balaban J connectivity index is 2.56. The molecule has 6 nitrogen and oxygen atoms in total. The minimum absolute atomic E-state index is 0.331. The van der Waals surface area contributed by atoms with E-state index in [0.717, 1.165) is 0 Å². The van der Waals surface area contributed by atoms with Crippen LogP contribution in [0, 0.1) is 0 Å². The molecular formula is C11H11N3O3. The maximum absolute atomic E-state index is 11.6. The van der Waals surface area contributed by atoms with Crippen molar-refractivity contribution in [1.29, 1.82) is 0 Å². The first kappa shape index (κ1) is 11.1. The van der Waals surface area contributed by atoms with Crippen molar-refractivity contribution in [3.05, 3.63) is 36.2 Å². The Kier molecular flexibility index (Phi) is 3.04. The summed E-state index contributed by atoms with van der Waals surface area (Å²) in [4.78, 5) is 15.8. The molecule has 0 atom stereocenters. The highest BCUT2D eigenvalue weighted by atomic mass is 16.5. The zero-order valence-electron chi connectivity index (χ0n) is 9.45. The van der Waals surface area contributed by atoms with E-state index >= 15 is 0 Å². The Hall–Kier alpha value is -2.37. The van der Waals surface area contributed by atoms with Crippen molar-refractivity contribution < 1.29 is 14.3 Å². The molecule has 2 aromatic rings. The summed E-state index contributed by atoms with van der Waals surface area (Å²) in [6.45, 7) is 0. The van der Waals surface area contributed by atoms with E-state index < -0.39 is 5.97 Å². The number of esters is 1. The van der Waals surface area contributed by atoms with E-state index in [0.29, 0.717) is 17.3 Å². The minimum Gasteiger partial charge on any atom is -0.481 e. The van der Waals surface area contributed by atoms with Crippen molar-refractivity contribution in [3.63, 3.8) is 0 Å². The molecule has 0 saturated carbocycles. The normalized spacial score (nSPS) is 10.0. The Morgan fingerprint density at radius 3 is 2.76 bits per heavy atom. The molecular weight excluding hydrogens is 222 g/mol. The second-order valence-corrected chi connectivity index (χ2v) is 3.17. The number of pyridine rings is 1. The van der Waals surface area contributed by atoms with Crippen LogP contribution in [0.5, 0.6) is 5.88 Å². The van der Waals surface area contributed by atoms with E-state index in [2.05, 4.69) is 14.8 Å². The lowest BCUT2D eigenvalue weighted by molar-refractivity contribution is 0.0600. The highest BCUT2D eigenvalue weighted by Gasteiger charge is 2.16. The highest BCUT2D eigenvalue weighted by Crippen LogP contribution is 2.17. The summed E-state index contributed by atoms with van der Waals surface area (Å²) >= 11 is 0. The van der Waals surface area contributed by atoms with E-state index in [1.807, 2.05) is 0 Å². The first-order valence-corrected chi connectivity index (χ1v) is 4.89. The van der Waals surface area contributed by atoms with Crippen LogP contribution in [-0.4, -0.2) is 35.0 Å². The summed E-state index contributed by atoms with van der Waals surface area (Å²) < 4.78 is 11.2. The molecule has 0 saturated heterocycles. The summed E-state index contributed by atoms with van der Waals surface area (Å²) in [7, 11) is 2.83. The topological polar surface area (TPSA) is 66.2 Å². The Bertz CT molecular complexity index is 523. The number of hydrogen-bond acceptors (Lipinski definition) is 5. The minimum atomic E-state index is -0.467. The Morgan fingerprint density at radius 2 is 2.18 bits per heavy atom. The second kappa shape index (κ2) is 4.65. The lowest BCUT2D eigenvalue weighted by Gasteiger charge is -2.08. The second-order valence-electron chi connectivity index (χ2n) is 3.17. The SMILES string of the molecule is COC(=O)c1ccc(OC)nc1-n1cccn1. The third kappa shape index (κ3) is 2.10. The summed E-state index contributed by atoms with van der Waals surface area (Å²) in [6, 6.07) is 4.93. The highest BCUT2D eigenvalue weighted by molar-refractivity contribution is 5.92. The average Bonchev–Trinajstić information content (AvgIpc) is 2.91. The fourth-order valence-electron chi connectivity index (χ4n) is 1.38. The molecule has 2 aromatic heterocycles. The van der Waals surface area contributed by atoms with Gasteiger partial charge in [-0.1, -0.05) is 0 Å². The molecule has 0 radical (unpaired) electrons. The Morgan fingerprint density at radius 1 is 1.35 bits per heavy atom. The average molecular weight is 233 g/mol. The summed E-state index contributed by atoms with van der Waals surface area (Å²) in [5.74, 6) is 0.315. The van der Waals surface area contributed by atoms with Gasteiger partial charge in [0.05, 0.1) is 14.2 Å². The predicted molar refractivity (Wildman–Crippen MR) is 59.3 cm³/mol. The van der Waals surface area contributed by atoms with E-state index in [9.17, 15) is 4.79 Å². The van der Waals surface area contributed by atoms with Gasteiger partial charge in [-0.25, -0.2) is 9.48 Å². The maximum atomic E-state index is 11.6. The molecule has 0 fully saturated rings. The zero-order chi connectivity index (χ0) is 12.3. The van der Waals surface area contributed by atoms with Gasteiger partial charge in [-0.15, -0.1) is 0 Å². The molecule has 88 valence electrons. The van der Waals surface area contributed by atoms with Crippen LogP contribution in [0.3, 0.4) is 0 Å². The van der Waals surface area contributed by atoms with Crippen molar-refractivity contribution in [2.45, 2.75) is 0 Å². The fraction of sp³-hybridized carbons (Fsp3) is 0.182. The molecule has 0 aliphatic rings. The van der Waals surface area contributed by atoms with Crippen molar-refractivity contribution in [2.75, 3.05) is 14.2 Å². The lowest BCUT2D eigenvalue weighted by Crippen LogP contribution is -2.10. The molecule has 6 heteroatoms. The third-order valence-electron chi connectivity index (χ3n) is 2.19. The first-order chi connectivity index (χ1) is 8.26. The summed E-state index contributed by atoms with van der Waals surface area (Å²) in [5, 5.41) is 4.03. The fourth-order valence-corrected chi connectivity index (χ4v) is 1.38. The van der Waals surface area contributed by atoms with Crippen LogP contribution in [0.2, 0.25) is 0 Å². The van der Waals surface area contributed by atoms with E-state index in [4.69, 9.17) is 4.74 Å². The molecule has 17 heavy (non-hydrogen) atoms. The maximum Gasteiger partial charge on any atom is 0.341 e. The lowest BCUT2D eigenvalue weighted by atomic mass is 10.2. The van der Waals surface area contributed by atoms with Gasteiger partial charge in [0.25, 0.3) is 0 Å². The van der Waals surface area contributed by atoms with Crippen molar-refractivity contribution in [1.82, 2.24) is 14.8 Å². The van der Waals surface area contributed by atoms with Crippen molar-refractivity contribution in [2.24, 2.45) is 0 Å². The molecule has 0 aliphatic heterocycles. The predicted octanol–water partition coefficient (Wildman–Crippen LogP) is 1.06. The number of rotatable bonds is 3. The van der Waals surface area contributed by atoms with Crippen LogP contribution in [0.4, 0.5) is 0 Å². The van der Waals surface area contributed by atoms with Gasteiger partial charge in [0.2, 0.25) is 5.88 Å². The molecule has 0 bridgehead atoms. The largest absolute Gasteiger partial charge is 0.481 e. The van der Waals surface area contributed by atoms with Gasteiger partial charge in [0, 0.05) is 18.5 Å². The zero-order valence-corrected chi connectivity index (χ0v) is 9.45. The third-order valence-corrected chi connectivity index (χ3v) is 2.19. The van der Waals surface area contributed by atoms with E-state index in [1.54, 1.807) is 30.6 Å². The standard InChI is InChI=1S/C11H11N3O3/c1-16-9-5-4-8(11(15)17-2)10(13-9)14-7-3-6-12-14/h3-7H,1-2H3. The number of carbonyl (C=O) groups is 1. The molecule has 0 aliphatic carbocycles. The molecule has 0 N–H and O–H groups in total. The van der Waals surface area contributed by atoms with Gasteiger partial charge in [-0.05, 0) is 12.1 Å². The quantitative estimate of drug-likeness (QED) is 0.741. The number of ether oxygens (including phenoxy) is 2. The van der Waals surface area contributed by atoms with Gasteiger partial charge >= 0.3 is 5.97 Å². The number of nitrogens with zero attached hydrogens (tertiary/aromatic N) is 3. The van der Waals surface area contributed by atoms with Gasteiger partial charge in [-0.2, -0.15) is 10.1 Å². The summed E-state index contributed by atoms with van der Waals surface area (Å²) in [5.41, 5.74) is 0.331. The van der Waals surface area contributed by atoms with E-state index in [-0.39, 0.29) is 0 Å². The molecule has 0 aromatic carbocycles. The monoisotopic (exact) mass is 233 g/mol. The van der Waals surface area contributed by atoms with Gasteiger partial charge < -0.3 is 9.47 Å². The number of carbonyl (C=O) groups excluding carboxylic acids is 1. The van der Waals surface area contributed by atoms with Crippen LogP contribution in [0.15, 0.2) is 30.6 Å². The van der Waals surface area contributed by atoms with E-state index in [1.165, 1.54) is 18.9 Å². The Labute approximate surface area is 97.8 Å². The van der Waals surface area contributed by atoms with Crippen molar-refractivity contribution in [3.8, 4) is 11.7 Å². The number of aromatic nitrogens is 3. The van der Waals surface area contributed by atoms with Gasteiger partial charge in [-0.3, -0.25) is 0 Å². The smallest absolute Gasteiger partial charge is 0.341 e. The van der Waals surface area contributed by atoms with Gasteiger partial charge in [0.15, 0.2) is 5.82 Å². The van der Waals surface area contributed by atoms with Crippen molar-refractivity contribution >= 4 is 5.97 Å². The van der Waals surface area contributed by atoms with Crippen LogP contribution >= 0.6 is 0 Å². The van der Waals surface area contributed by atoms with Crippen LogP contribution < -0.4 is 4.74 Å². The van der Waals surface area contributed by atoms with Gasteiger partial charge in [0.1, 0.15) is 5.56 Å². The number of methoxy groups -OCH3 is 2. The first-order valence-electron chi connectivity index (χ1n) is 4.89. The molecule has 0 amide bonds. The number of hydrogen-bond donors (Lipinski definition) is 0. The molecule has 2 heterocycles.